The third-order valence-electron chi connectivity index (χ3n) is 3.91. The molecule has 1 aromatic carbocycles. The summed E-state index contributed by atoms with van der Waals surface area (Å²) in [6.07, 6.45) is 2.84. The van der Waals surface area contributed by atoms with Crippen molar-refractivity contribution in [2.45, 2.75) is 38.3 Å². The smallest absolute Gasteiger partial charge is 0.295 e. The van der Waals surface area contributed by atoms with E-state index in [-0.39, 0.29) is 23.5 Å². The molecule has 1 aliphatic rings. The zero-order valence-electron chi connectivity index (χ0n) is 12.2. The minimum absolute atomic E-state index is 0.00426. The lowest BCUT2D eigenvalue weighted by atomic mass is 9.96. The Balaban J connectivity index is 2.51. The van der Waals surface area contributed by atoms with E-state index in [1.54, 1.807) is 0 Å². The number of methoxy groups -OCH3 is 1. The van der Waals surface area contributed by atoms with Gasteiger partial charge in [-0.15, -0.1) is 0 Å². The number of ether oxygens (including phenoxy) is 1. The van der Waals surface area contributed by atoms with Crippen LogP contribution in [-0.4, -0.2) is 30.7 Å². The van der Waals surface area contributed by atoms with Crippen molar-refractivity contribution in [3.63, 3.8) is 0 Å². The Morgan fingerprint density at radius 1 is 1.52 bits per heavy atom. The summed E-state index contributed by atoms with van der Waals surface area (Å²) < 4.78 is 18.7. The first-order valence-corrected chi connectivity index (χ1v) is 7.00. The average molecular weight is 297 g/mol. The molecule has 21 heavy (non-hydrogen) atoms. The molecular weight excluding hydrogens is 277 g/mol. The molecule has 1 aromatic rings. The van der Waals surface area contributed by atoms with Gasteiger partial charge in [-0.05, 0) is 26.2 Å². The molecule has 0 aromatic heterocycles. The fraction of sp³-hybridized carbons (Fsp3) is 0.571. The Hall–Kier alpha value is -1.89. The van der Waals surface area contributed by atoms with Crippen molar-refractivity contribution in [1.82, 2.24) is 0 Å². The van der Waals surface area contributed by atoms with E-state index in [9.17, 15) is 14.5 Å². The van der Waals surface area contributed by atoms with Crippen molar-refractivity contribution in [3.05, 3.63) is 28.1 Å². The quantitative estimate of drug-likeness (QED) is 0.682. The van der Waals surface area contributed by atoms with Crippen molar-refractivity contribution in [2.24, 2.45) is 5.73 Å². The van der Waals surface area contributed by atoms with E-state index in [4.69, 9.17) is 10.5 Å². The number of anilines is 1. The van der Waals surface area contributed by atoms with Crippen LogP contribution < -0.4 is 15.4 Å². The number of benzene rings is 1. The van der Waals surface area contributed by atoms with Gasteiger partial charge in [-0.2, -0.15) is 0 Å². The summed E-state index contributed by atoms with van der Waals surface area (Å²) in [5.41, 5.74) is 6.13. The van der Waals surface area contributed by atoms with Crippen LogP contribution in [0.15, 0.2) is 12.1 Å². The van der Waals surface area contributed by atoms with Crippen LogP contribution in [0.5, 0.6) is 5.75 Å². The standard InChI is InChI=1S/C14H20FN3O3/c1-9(16)11-5-3-4-6-17(11)12-8-14(21-2)10(15)7-13(12)18(19)20/h7-9,11H,3-6,16H2,1-2H3. The molecule has 0 amide bonds. The van der Waals surface area contributed by atoms with Crippen LogP contribution in [0, 0.1) is 15.9 Å². The molecule has 0 saturated carbocycles. The van der Waals surface area contributed by atoms with Gasteiger partial charge in [-0.3, -0.25) is 10.1 Å². The van der Waals surface area contributed by atoms with Crippen LogP contribution in [0.4, 0.5) is 15.8 Å². The van der Waals surface area contributed by atoms with Crippen molar-refractivity contribution in [3.8, 4) is 5.75 Å². The maximum atomic E-state index is 13.7. The second-order valence-corrected chi connectivity index (χ2v) is 5.35. The summed E-state index contributed by atoms with van der Waals surface area (Å²) in [4.78, 5) is 12.6. The normalized spacial score (nSPS) is 20.2. The lowest BCUT2D eigenvalue weighted by Gasteiger charge is -2.39. The van der Waals surface area contributed by atoms with Gasteiger partial charge in [0, 0.05) is 24.7 Å². The number of rotatable bonds is 4. The van der Waals surface area contributed by atoms with Crippen molar-refractivity contribution in [2.75, 3.05) is 18.6 Å². The predicted octanol–water partition coefficient (Wildman–Crippen LogP) is 2.45. The summed E-state index contributed by atoms with van der Waals surface area (Å²) in [7, 11) is 1.34. The molecular formula is C14H20FN3O3. The van der Waals surface area contributed by atoms with Gasteiger partial charge < -0.3 is 15.4 Å². The number of hydrogen-bond acceptors (Lipinski definition) is 5. The second kappa shape index (κ2) is 6.26. The number of nitro benzene ring substituents is 1. The van der Waals surface area contributed by atoms with Crippen LogP contribution >= 0.6 is 0 Å². The van der Waals surface area contributed by atoms with E-state index in [1.807, 2.05) is 11.8 Å². The molecule has 7 heteroatoms. The molecule has 1 saturated heterocycles. The Morgan fingerprint density at radius 2 is 2.24 bits per heavy atom. The van der Waals surface area contributed by atoms with Crippen molar-refractivity contribution < 1.29 is 14.1 Å². The van der Waals surface area contributed by atoms with Gasteiger partial charge in [0.1, 0.15) is 5.69 Å². The Bertz CT molecular complexity index is 536. The number of hydrogen-bond donors (Lipinski definition) is 1. The molecule has 0 spiro atoms. The predicted molar refractivity (Wildman–Crippen MR) is 78.2 cm³/mol. The Morgan fingerprint density at radius 3 is 2.81 bits per heavy atom. The van der Waals surface area contributed by atoms with Gasteiger partial charge in [0.05, 0.1) is 18.1 Å². The highest BCUT2D eigenvalue weighted by Crippen LogP contribution is 2.37. The highest BCUT2D eigenvalue weighted by atomic mass is 19.1. The van der Waals surface area contributed by atoms with Gasteiger partial charge in [0.15, 0.2) is 11.6 Å². The lowest BCUT2D eigenvalue weighted by molar-refractivity contribution is -0.384. The molecule has 2 atom stereocenters. The van der Waals surface area contributed by atoms with Gasteiger partial charge in [-0.1, -0.05) is 0 Å². The van der Waals surface area contributed by atoms with Crippen LogP contribution in [0.3, 0.4) is 0 Å². The van der Waals surface area contributed by atoms with E-state index in [0.29, 0.717) is 12.2 Å². The van der Waals surface area contributed by atoms with Gasteiger partial charge in [0.2, 0.25) is 0 Å². The average Bonchev–Trinajstić information content (AvgIpc) is 2.46. The van der Waals surface area contributed by atoms with Gasteiger partial charge >= 0.3 is 0 Å². The maximum Gasteiger partial charge on any atom is 0.295 e. The van der Waals surface area contributed by atoms with E-state index < -0.39 is 10.7 Å². The number of piperidine rings is 1. The molecule has 116 valence electrons. The first kappa shape index (κ1) is 15.5. The summed E-state index contributed by atoms with van der Waals surface area (Å²) in [6.45, 7) is 2.55. The molecule has 2 N–H and O–H groups in total. The first-order valence-electron chi connectivity index (χ1n) is 7.00. The van der Waals surface area contributed by atoms with E-state index in [1.165, 1.54) is 13.2 Å². The Kier molecular flexibility index (Phi) is 4.62. The van der Waals surface area contributed by atoms with Crippen LogP contribution in [0.2, 0.25) is 0 Å². The van der Waals surface area contributed by atoms with Crippen molar-refractivity contribution >= 4 is 11.4 Å². The van der Waals surface area contributed by atoms with E-state index in [2.05, 4.69) is 0 Å². The van der Waals surface area contributed by atoms with E-state index >= 15 is 0 Å². The third-order valence-corrected chi connectivity index (χ3v) is 3.91. The molecule has 1 aliphatic heterocycles. The van der Waals surface area contributed by atoms with Crippen LogP contribution in [0.1, 0.15) is 26.2 Å². The monoisotopic (exact) mass is 297 g/mol. The molecule has 2 rings (SSSR count). The molecule has 0 bridgehead atoms. The molecule has 0 radical (unpaired) electrons. The SMILES string of the molecule is COc1cc(N2CCCCC2C(C)N)c([N+](=O)[O-])cc1F. The third kappa shape index (κ3) is 3.07. The summed E-state index contributed by atoms with van der Waals surface area (Å²) >= 11 is 0. The molecule has 1 heterocycles. The highest BCUT2D eigenvalue weighted by molar-refractivity contribution is 5.67. The van der Waals surface area contributed by atoms with Gasteiger partial charge in [0.25, 0.3) is 5.69 Å². The second-order valence-electron chi connectivity index (χ2n) is 5.35. The topological polar surface area (TPSA) is 81.6 Å². The van der Waals surface area contributed by atoms with Crippen LogP contribution in [0.25, 0.3) is 0 Å². The fourth-order valence-electron chi connectivity index (χ4n) is 2.87. The summed E-state index contributed by atoms with van der Waals surface area (Å²) in [5.74, 6) is -0.730. The highest BCUT2D eigenvalue weighted by Gasteiger charge is 2.31. The number of nitrogens with zero attached hydrogens (tertiary/aromatic N) is 2. The number of nitro groups is 1. The zero-order chi connectivity index (χ0) is 15.6. The molecule has 6 nitrogen and oxygen atoms in total. The Labute approximate surface area is 122 Å². The molecule has 0 aliphatic carbocycles. The summed E-state index contributed by atoms with van der Waals surface area (Å²) in [5, 5.41) is 11.2. The zero-order valence-corrected chi connectivity index (χ0v) is 12.2. The first-order chi connectivity index (χ1) is 9.95. The van der Waals surface area contributed by atoms with Gasteiger partial charge in [-0.25, -0.2) is 4.39 Å². The molecule has 2 unspecified atom stereocenters. The molecule has 1 fully saturated rings. The summed E-state index contributed by atoms with van der Waals surface area (Å²) in [6, 6.07) is 2.20. The number of halogens is 1. The van der Waals surface area contributed by atoms with E-state index in [0.717, 1.165) is 25.3 Å². The maximum absolute atomic E-state index is 13.7. The van der Waals surface area contributed by atoms with Crippen LogP contribution in [-0.2, 0) is 0 Å². The fourth-order valence-corrected chi connectivity index (χ4v) is 2.87. The van der Waals surface area contributed by atoms with Crippen molar-refractivity contribution in [1.29, 1.82) is 0 Å². The lowest BCUT2D eigenvalue weighted by Crippen LogP contribution is -2.49. The number of nitrogens with two attached hydrogens (primary N) is 1. The minimum Gasteiger partial charge on any atom is -0.494 e. The largest absolute Gasteiger partial charge is 0.494 e. The minimum atomic E-state index is -0.734.